The van der Waals surface area contributed by atoms with Gasteiger partial charge in [0.05, 0.1) is 12.7 Å². The predicted octanol–water partition coefficient (Wildman–Crippen LogP) is 4.24. The fourth-order valence-electron chi connectivity index (χ4n) is 1.90. The average molecular weight is 272 g/mol. The van der Waals surface area contributed by atoms with Crippen LogP contribution >= 0.6 is 11.8 Å². The number of ether oxygens (including phenoxy) is 1. The van der Waals surface area contributed by atoms with Gasteiger partial charge in [-0.15, -0.1) is 0 Å². The van der Waals surface area contributed by atoms with E-state index in [0.29, 0.717) is 5.56 Å². The molecule has 0 saturated carbocycles. The van der Waals surface area contributed by atoms with E-state index in [9.17, 15) is 4.79 Å². The van der Waals surface area contributed by atoms with Crippen molar-refractivity contribution in [3.63, 3.8) is 0 Å². The van der Waals surface area contributed by atoms with E-state index in [-0.39, 0.29) is 5.97 Å². The maximum atomic E-state index is 11.8. The SMILES string of the molecule is COC(=O)c1ccccc1Sc1c(C)cccc1C. The first kappa shape index (κ1) is 13.7. The molecule has 2 aromatic rings. The number of benzene rings is 2. The Labute approximate surface area is 117 Å². The van der Waals surface area contributed by atoms with Crippen LogP contribution in [0, 0.1) is 13.8 Å². The second-order valence-electron chi connectivity index (χ2n) is 4.31. The first-order valence-electron chi connectivity index (χ1n) is 6.05. The molecule has 2 rings (SSSR count). The van der Waals surface area contributed by atoms with Gasteiger partial charge in [-0.05, 0) is 37.1 Å². The molecule has 0 radical (unpaired) electrons. The number of methoxy groups -OCH3 is 1. The van der Waals surface area contributed by atoms with Gasteiger partial charge in [-0.3, -0.25) is 0 Å². The highest BCUT2D eigenvalue weighted by Crippen LogP contribution is 2.34. The zero-order chi connectivity index (χ0) is 13.8. The lowest BCUT2D eigenvalue weighted by Crippen LogP contribution is -2.02. The van der Waals surface area contributed by atoms with Gasteiger partial charge in [0.15, 0.2) is 0 Å². The van der Waals surface area contributed by atoms with Crippen LogP contribution in [0.25, 0.3) is 0 Å². The van der Waals surface area contributed by atoms with Gasteiger partial charge >= 0.3 is 5.97 Å². The Kier molecular flexibility index (Phi) is 4.27. The van der Waals surface area contributed by atoms with Crippen molar-refractivity contribution < 1.29 is 9.53 Å². The number of rotatable bonds is 3. The molecular weight excluding hydrogens is 256 g/mol. The summed E-state index contributed by atoms with van der Waals surface area (Å²) in [6.07, 6.45) is 0. The summed E-state index contributed by atoms with van der Waals surface area (Å²) < 4.78 is 4.82. The molecule has 0 amide bonds. The van der Waals surface area contributed by atoms with Crippen LogP contribution in [0.1, 0.15) is 21.5 Å². The molecular formula is C16H16O2S. The standard InChI is InChI=1S/C16H16O2S/c1-11-7-6-8-12(2)15(11)19-14-10-5-4-9-13(14)16(17)18-3/h4-10H,1-3H3. The molecule has 0 N–H and O–H groups in total. The Morgan fingerprint density at radius 3 is 2.26 bits per heavy atom. The minimum atomic E-state index is -0.297. The highest BCUT2D eigenvalue weighted by atomic mass is 32.2. The minimum absolute atomic E-state index is 0.297. The Bertz CT molecular complexity index is 585. The molecule has 0 heterocycles. The first-order chi connectivity index (χ1) is 9.13. The maximum absolute atomic E-state index is 11.8. The molecule has 3 heteroatoms. The largest absolute Gasteiger partial charge is 0.465 e. The lowest BCUT2D eigenvalue weighted by molar-refractivity contribution is 0.0597. The lowest BCUT2D eigenvalue weighted by atomic mass is 10.2. The topological polar surface area (TPSA) is 26.3 Å². The number of aryl methyl sites for hydroxylation is 2. The van der Waals surface area contributed by atoms with Crippen LogP contribution in [0.5, 0.6) is 0 Å². The number of carbonyl (C=O) groups is 1. The summed E-state index contributed by atoms with van der Waals surface area (Å²) in [5, 5.41) is 0. The van der Waals surface area contributed by atoms with E-state index in [2.05, 4.69) is 26.0 Å². The van der Waals surface area contributed by atoms with Gasteiger partial charge in [0.25, 0.3) is 0 Å². The molecule has 0 atom stereocenters. The number of hydrogen-bond donors (Lipinski definition) is 0. The monoisotopic (exact) mass is 272 g/mol. The Morgan fingerprint density at radius 1 is 1.00 bits per heavy atom. The van der Waals surface area contributed by atoms with Crippen molar-refractivity contribution in [2.24, 2.45) is 0 Å². The first-order valence-corrected chi connectivity index (χ1v) is 6.86. The third-order valence-electron chi connectivity index (χ3n) is 2.91. The number of esters is 1. The summed E-state index contributed by atoms with van der Waals surface area (Å²) in [6, 6.07) is 13.7. The van der Waals surface area contributed by atoms with Gasteiger partial charge in [-0.25, -0.2) is 4.79 Å². The maximum Gasteiger partial charge on any atom is 0.339 e. The van der Waals surface area contributed by atoms with Gasteiger partial charge < -0.3 is 4.74 Å². The zero-order valence-electron chi connectivity index (χ0n) is 11.3. The summed E-state index contributed by atoms with van der Waals surface area (Å²) in [6.45, 7) is 4.16. The summed E-state index contributed by atoms with van der Waals surface area (Å²) in [5.74, 6) is -0.297. The molecule has 0 aliphatic rings. The molecule has 0 bridgehead atoms. The van der Waals surface area contributed by atoms with Gasteiger partial charge in [0.1, 0.15) is 0 Å². The molecule has 0 fully saturated rings. The van der Waals surface area contributed by atoms with Crippen molar-refractivity contribution in [1.29, 1.82) is 0 Å². The lowest BCUT2D eigenvalue weighted by Gasteiger charge is -2.11. The van der Waals surface area contributed by atoms with Crippen LogP contribution in [-0.4, -0.2) is 13.1 Å². The highest BCUT2D eigenvalue weighted by molar-refractivity contribution is 7.99. The Morgan fingerprint density at radius 2 is 1.63 bits per heavy atom. The summed E-state index contributed by atoms with van der Waals surface area (Å²) in [7, 11) is 1.41. The van der Waals surface area contributed by atoms with E-state index >= 15 is 0 Å². The Balaban J connectivity index is 2.42. The molecule has 19 heavy (non-hydrogen) atoms. The van der Waals surface area contributed by atoms with Crippen LogP contribution in [0.15, 0.2) is 52.3 Å². The van der Waals surface area contributed by atoms with Crippen molar-refractivity contribution in [3.8, 4) is 0 Å². The van der Waals surface area contributed by atoms with Crippen LogP contribution in [-0.2, 0) is 4.74 Å². The molecule has 98 valence electrons. The van der Waals surface area contributed by atoms with Crippen LogP contribution in [0.2, 0.25) is 0 Å². The summed E-state index contributed by atoms with van der Waals surface area (Å²) in [4.78, 5) is 13.9. The molecule has 0 aromatic heterocycles. The second kappa shape index (κ2) is 5.93. The molecule has 0 aliphatic carbocycles. The molecule has 0 saturated heterocycles. The van der Waals surface area contributed by atoms with E-state index in [1.54, 1.807) is 17.8 Å². The van der Waals surface area contributed by atoms with Crippen LogP contribution in [0.3, 0.4) is 0 Å². The van der Waals surface area contributed by atoms with E-state index in [0.717, 1.165) is 4.90 Å². The average Bonchev–Trinajstić information content (AvgIpc) is 2.42. The molecule has 2 nitrogen and oxygen atoms in total. The van der Waals surface area contributed by atoms with Crippen molar-refractivity contribution >= 4 is 17.7 Å². The minimum Gasteiger partial charge on any atom is -0.465 e. The molecule has 0 aliphatic heterocycles. The number of hydrogen-bond acceptors (Lipinski definition) is 3. The fourth-order valence-corrected chi connectivity index (χ4v) is 2.99. The second-order valence-corrected chi connectivity index (χ2v) is 5.36. The van der Waals surface area contributed by atoms with Crippen molar-refractivity contribution in [1.82, 2.24) is 0 Å². The third-order valence-corrected chi connectivity index (χ3v) is 4.34. The van der Waals surface area contributed by atoms with Gasteiger partial charge in [-0.2, -0.15) is 0 Å². The summed E-state index contributed by atoms with van der Waals surface area (Å²) in [5.41, 5.74) is 3.03. The third kappa shape index (κ3) is 2.99. The van der Waals surface area contributed by atoms with Crippen molar-refractivity contribution in [2.45, 2.75) is 23.6 Å². The molecule has 0 spiro atoms. The van der Waals surface area contributed by atoms with E-state index in [1.165, 1.54) is 23.1 Å². The van der Waals surface area contributed by atoms with Crippen molar-refractivity contribution in [2.75, 3.05) is 7.11 Å². The zero-order valence-corrected chi connectivity index (χ0v) is 12.1. The smallest absolute Gasteiger partial charge is 0.339 e. The molecule has 2 aromatic carbocycles. The van der Waals surface area contributed by atoms with Crippen molar-refractivity contribution in [3.05, 3.63) is 59.2 Å². The normalized spacial score (nSPS) is 10.3. The van der Waals surface area contributed by atoms with E-state index < -0.39 is 0 Å². The predicted molar refractivity (Wildman–Crippen MR) is 77.8 cm³/mol. The van der Waals surface area contributed by atoms with E-state index in [1.807, 2.05) is 24.3 Å². The quantitative estimate of drug-likeness (QED) is 0.782. The number of carbonyl (C=O) groups excluding carboxylic acids is 1. The highest BCUT2D eigenvalue weighted by Gasteiger charge is 2.13. The summed E-state index contributed by atoms with van der Waals surface area (Å²) >= 11 is 1.61. The molecule has 0 unspecified atom stereocenters. The van der Waals surface area contributed by atoms with Gasteiger partial charge in [0.2, 0.25) is 0 Å². The Hall–Kier alpha value is -1.74. The van der Waals surface area contributed by atoms with Gasteiger partial charge in [0, 0.05) is 9.79 Å². The van der Waals surface area contributed by atoms with Crippen LogP contribution < -0.4 is 0 Å². The van der Waals surface area contributed by atoms with Gasteiger partial charge in [-0.1, -0.05) is 42.1 Å². The van der Waals surface area contributed by atoms with Crippen LogP contribution in [0.4, 0.5) is 0 Å². The fraction of sp³-hybridized carbons (Fsp3) is 0.188. The van der Waals surface area contributed by atoms with E-state index in [4.69, 9.17) is 4.74 Å².